The van der Waals surface area contributed by atoms with Crippen LogP contribution in [-0.4, -0.2) is 24.3 Å². The van der Waals surface area contributed by atoms with E-state index in [4.69, 9.17) is 10.5 Å². The highest BCUT2D eigenvalue weighted by Crippen LogP contribution is 2.22. The molecule has 0 aliphatic heterocycles. The number of amides is 2. The van der Waals surface area contributed by atoms with E-state index in [2.05, 4.69) is 26.1 Å². The number of nitrogens with one attached hydrogen (secondary N) is 3. The van der Waals surface area contributed by atoms with Gasteiger partial charge in [0.1, 0.15) is 12.1 Å². The third-order valence-electron chi connectivity index (χ3n) is 2.76. The minimum absolute atomic E-state index is 0.165. The van der Waals surface area contributed by atoms with E-state index in [1.54, 1.807) is 38.1 Å². The molecule has 1 aromatic rings. The SMILES string of the molecule is CCOC(=O)NNC(=O)c1c(C)cc(C)cc1NN=C(C#N)C#N. The third kappa shape index (κ3) is 5.00. The van der Waals surface area contributed by atoms with Gasteiger partial charge < -0.3 is 4.74 Å². The smallest absolute Gasteiger partial charge is 0.426 e. The second-order valence-corrected chi connectivity index (χ2v) is 4.60. The summed E-state index contributed by atoms with van der Waals surface area (Å²) in [5, 5.41) is 21.0. The highest BCUT2D eigenvalue weighted by atomic mass is 16.5. The van der Waals surface area contributed by atoms with Gasteiger partial charge in [0.05, 0.1) is 17.9 Å². The van der Waals surface area contributed by atoms with Crippen molar-refractivity contribution in [2.45, 2.75) is 20.8 Å². The summed E-state index contributed by atoms with van der Waals surface area (Å²) in [5.74, 6) is -0.603. The van der Waals surface area contributed by atoms with Crippen molar-refractivity contribution in [2.75, 3.05) is 12.0 Å². The van der Waals surface area contributed by atoms with Crippen LogP contribution < -0.4 is 16.3 Å². The van der Waals surface area contributed by atoms with Crippen LogP contribution in [0.25, 0.3) is 0 Å². The Morgan fingerprint density at radius 1 is 1.21 bits per heavy atom. The number of nitriles is 2. The lowest BCUT2D eigenvalue weighted by atomic mass is 10.0. The van der Waals surface area contributed by atoms with Gasteiger partial charge in [0.2, 0.25) is 5.71 Å². The zero-order valence-corrected chi connectivity index (χ0v) is 13.4. The molecule has 1 rings (SSSR count). The Morgan fingerprint density at radius 3 is 2.46 bits per heavy atom. The van der Waals surface area contributed by atoms with Gasteiger partial charge in [-0.05, 0) is 38.0 Å². The van der Waals surface area contributed by atoms with E-state index in [1.807, 2.05) is 6.92 Å². The van der Waals surface area contributed by atoms with Crippen LogP contribution in [0.3, 0.4) is 0 Å². The van der Waals surface area contributed by atoms with Crippen molar-refractivity contribution in [3.05, 3.63) is 28.8 Å². The highest BCUT2D eigenvalue weighted by Gasteiger charge is 2.16. The molecule has 0 aliphatic carbocycles. The summed E-state index contributed by atoms with van der Waals surface area (Å²) in [5.41, 5.74) is 8.43. The lowest BCUT2D eigenvalue weighted by molar-refractivity contribution is 0.0913. The summed E-state index contributed by atoms with van der Waals surface area (Å²) in [4.78, 5) is 23.5. The maximum Gasteiger partial charge on any atom is 0.426 e. The molecule has 0 unspecified atom stereocenters. The van der Waals surface area contributed by atoms with E-state index in [-0.39, 0.29) is 17.9 Å². The Labute approximate surface area is 138 Å². The minimum Gasteiger partial charge on any atom is -0.449 e. The number of hydrazone groups is 1. The highest BCUT2D eigenvalue weighted by molar-refractivity contribution is 6.10. The predicted molar refractivity (Wildman–Crippen MR) is 85.8 cm³/mol. The molecule has 1 aromatic carbocycles. The van der Waals surface area contributed by atoms with E-state index < -0.39 is 12.0 Å². The minimum atomic E-state index is -0.792. The Bertz CT molecular complexity index is 742. The molecule has 0 saturated heterocycles. The lowest BCUT2D eigenvalue weighted by Crippen LogP contribution is -2.42. The van der Waals surface area contributed by atoms with Crippen molar-refractivity contribution in [2.24, 2.45) is 5.10 Å². The Kier molecular flexibility index (Phi) is 6.73. The van der Waals surface area contributed by atoms with E-state index >= 15 is 0 Å². The van der Waals surface area contributed by atoms with Gasteiger partial charge in [0.15, 0.2) is 0 Å². The van der Waals surface area contributed by atoms with Crippen molar-refractivity contribution in [1.29, 1.82) is 10.5 Å². The van der Waals surface area contributed by atoms with Gasteiger partial charge in [0.25, 0.3) is 5.91 Å². The molecule has 9 heteroatoms. The Hall–Kier alpha value is -3.59. The quantitative estimate of drug-likeness (QED) is 0.565. The number of hydrazine groups is 1. The second-order valence-electron chi connectivity index (χ2n) is 4.60. The predicted octanol–water partition coefficient (Wildman–Crippen LogP) is 1.51. The molecule has 0 heterocycles. The van der Waals surface area contributed by atoms with Gasteiger partial charge in [-0.3, -0.25) is 15.6 Å². The van der Waals surface area contributed by atoms with Crippen molar-refractivity contribution in [3.63, 3.8) is 0 Å². The van der Waals surface area contributed by atoms with Crippen LogP contribution in [0.4, 0.5) is 10.5 Å². The van der Waals surface area contributed by atoms with Gasteiger partial charge in [-0.25, -0.2) is 10.2 Å². The first-order valence-corrected chi connectivity index (χ1v) is 6.91. The summed E-state index contributed by atoms with van der Waals surface area (Å²) in [6.45, 7) is 5.32. The number of aryl methyl sites for hydroxylation is 2. The zero-order chi connectivity index (χ0) is 18.1. The van der Waals surface area contributed by atoms with E-state index in [0.717, 1.165) is 5.56 Å². The van der Waals surface area contributed by atoms with Gasteiger partial charge in [-0.1, -0.05) is 6.07 Å². The van der Waals surface area contributed by atoms with Gasteiger partial charge in [-0.2, -0.15) is 15.6 Å². The monoisotopic (exact) mass is 328 g/mol. The molecule has 0 saturated carbocycles. The molecule has 0 radical (unpaired) electrons. The standard InChI is InChI=1S/C15H16N6O3/c1-4-24-15(23)21-20-14(22)13-10(3)5-9(2)6-12(13)19-18-11(7-16)8-17/h5-6,19H,4H2,1-3H3,(H,20,22)(H,21,23). The number of nitrogens with zero attached hydrogens (tertiary/aromatic N) is 3. The summed E-state index contributed by atoms with van der Waals surface area (Å²) in [7, 11) is 0. The van der Waals surface area contributed by atoms with Crippen molar-refractivity contribution < 1.29 is 14.3 Å². The van der Waals surface area contributed by atoms with Crippen LogP contribution in [-0.2, 0) is 4.74 Å². The van der Waals surface area contributed by atoms with Crippen LogP contribution in [0, 0.1) is 36.5 Å². The van der Waals surface area contributed by atoms with Crippen LogP contribution in [0.15, 0.2) is 17.2 Å². The number of rotatable bonds is 4. The fraction of sp³-hybridized carbons (Fsp3) is 0.267. The lowest BCUT2D eigenvalue weighted by Gasteiger charge is -2.14. The van der Waals surface area contributed by atoms with Crippen LogP contribution in [0.5, 0.6) is 0 Å². The van der Waals surface area contributed by atoms with Crippen molar-refractivity contribution in [1.82, 2.24) is 10.9 Å². The number of ether oxygens (including phenoxy) is 1. The second kappa shape index (κ2) is 8.76. The molecule has 0 spiro atoms. The van der Waals surface area contributed by atoms with E-state index in [0.29, 0.717) is 11.3 Å². The Balaban J connectivity index is 3.07. The summed E-state index contributed by atoms with van der Waals surface area (Å²) in [6, 6.07) is 6.61. The fourth-order valence-corrected chi connectivity index (χ4v) is 1.89. The summed E-state index contributed by atoms with van der Waals surface area (Å²) >= 11 is 0. The zero-order valence-electron chi connectivity index (χ0n) is 13.4. The molecular weight excluding hydrogens is 312 g/mol. The molecule has 0 fully saturated rings. The topological polar surface area (TPSA) is 139 Å². The first kappa shape index (κ1) is 18.5. The number of benzene rings is 1. The van der Waals surface area contributed by atoms with E-state index in [9.17, 15) is 9.59 Å². The molecule has 0 atom stereocenters. The summed E-state index contributed by atoms with van der Waals surface area (Å²) in [6.07, 6.45) is -0.792. The van der Waals surface area contributed by atoms with Gasteiger partial charge in [-0.15, -0.1) is 0 Å². The van der Waals surface area contributed by atoms with Crippen LogP contribution >= 0.6 is 0 Å². The molecule has 3 N–H and O–H groups in total. The molecule has 0 aromatic heterocycles. The number of anilines is 1. The number of carbonyl (C=O) groups excluding carboxylic acids is 2. The first-order valence-electron chi connectivity index (χ1n) is 6.91. The van der Waals surface area contributed by atoms with Crippen molar-refractivity contribution in [3.8, 4) is 12.1 Å². The number of hydrogen-bond acceptors (Lipinski definition) is 7. The fourth-order valence-electron chi connectivity index (χ4n) is 1.89. The molecule has 124 valence electrons. The Morgan fingerprint density at radius 2 is 1.88 bits per heavy atom. The molecule has 2 amide bonds. The maximum absolute atomic E-state index is 12.3. The normalized spacial score (nSPS) is 9.04. The molecule has 0 aliphatic rings. The first-order chi connectivity index (χ1) is 11.4. The molecular formula is C15H16N6O3. The van der Waals surface area contributed by atoms with Crippen molar-refractivity contribution >= 4 is 23.4 Å². The van der Waals surface area contributed by atoms with Crippen LogP contribution in [0.2, 0.25) is 0 Å². The average Bonchev–Trinajstić information content (AvgIpc) is 2.53. The largest absolute Gasteiger partial charge is 0.449 e. The van der Waals surface area contributed by atoms with Crippen LogP contribution in [0.1, 0.15) is 28.4 Å². The van der Waals surface area contributed by atoms with Gasteiger partial charge >= 0.3 is 6.09 Å². The van der Waals surface area contributed by atoms with Gasteiger partial charge in [0, 0.05) is 0 Å². The third-order valence-corrected chi connectivity index (χ3v) is 2.76. The molecule has 24 heavy (non-hydrogen) atoms. The molecule has 9 nitrogen and oxygen atoms in total. The maximum atomic E-state index is 12.3. The van der Waals surface area contributed by atoms with E-state index in [1.165, 1.54) is 0 Å². The average molecular weight is 328 g/mol. The number of carbonyl (C=O) groups is 2. The summed E-state index contributed by atoms with van der Waals surface area (Å²) < 4.78 is 4.64. The number of hydrogen-bond donors (Lipinski definition) is 3. The molecule has 0 bridgehead atoms.